The minimum Gasteiger partial charge on any atom is -0.320 e. The molecule has 1 nitrogen and oxygen atoms in total. The number of rotatable bonds is 2. The lowest BCUT2D eigenvalue weighted by molar-refractivity contribution is -0.140. The predicted octanol–water partition coefficient (Wildman–Crippen LogP) is 4.34. The molecule has 0 aliphatic heterocycles. The summed E-state index contributed by atoms with van der Waals surface area (Å²) in [6.45, 7) is 1.63. The van der Waals surface area contributed by atoms with Crippen molar-refractivity contribution < 1.29 is 22.0 Å². The van der Waals surface area contributed by atoms with Crippen molar-refractivity contribution >= 4 is 0 Å². The normalized spacial score (nSPS) is 13.3. The molecule has 0 fully saturated rings. The van der Waals surface area contributed by atoms with E-state index in [-0.39, 0.29) is 11.1 Å². The summed E-state index contributed by atoms with van der Waals surface area (Å²) in [5.74, 6) is -2.01. The summed E-state index contributed by atoms with van der Waals surface area (Å²) < 4.78 is 65.4. The van der Waals surface area contributed by atoms with E-state index < -0.39 is 29.4 Å². The van der Waals surface area contributed by atoms with Gasteiger partial charge in [-0.1, -0.05) is 18.2 Å². The molecule has 1 atom stereocenters. The van der Waals surface area contributed by atoms with Gasteiger partial charge in [0.15, 0.2) is 0 Å². The summed E-state index contributed by atoms with van der Waals surface area (Å²) >= 11 is 0. The summed E-state index contributed by atoms with van der Waals surface area (Å²) in [6.07, 6.45) is -4.81. The molecule has 1 unspecified atom stereocenters. The van der Waals surface area contributed by atoms with Gasteiger partial charge in [-0.25, -0.2) is 8.78 Å². The molecule has 0 saturated heterocycles. The quantitative estimate of drug-likeness (QED) is 0.820. The topological polar surface area (TPSA) is 26.0 Å². The van der Waals surface area contributed by atoms with Gasteiger partial charge in [0.25, 0.3) is 0 Å². The van der Waals surface area contributed by atoms with Gasteiger partial charge in [0.05, 0.1) is 11.6 Å². The lowest BCUT2D eigenvalue weighted by Gasteiger charge is -2.18. The maximum Gasteiger partial charge on any atom is 0.419 e. The number of halogens is 5. The SMILES string of the molecule is Cc1ccc(F)cc1C(N)c1cccc(C(F)(F)F)c1F. The van der Waals surface area contributed by atoms with Crippen LogP contribution in [0, 0.1) is 18.6 Å². The summed E-state index contributed by atoms with van der Waals surface area (Å²) in [6, 6.07) is 5.45. The second-order valence-corrected chi connectivity index (χ2v) is 4.69. The van der Waals surface area contributed by atoms with Crippen molar-refractivity contribution in [3.63, 3.8) is 0 Å². The van der Waals surface area contributed by atoms with Crippen LogP contribution in [-0.4, -0.2) is 0 Å². The maximum atomic E-state index is 14.0. The number of hydrogen-bond acceptors (Lipinski definition) is 1. The summed E-state index contributed by atoms with van der Waals surface area (Å²) in [5, 5.41) is 0. The van der Waals surface area contributed by atoms with Crippen molar-refractivity contribution in [1.82, 2.24) is 0 Å². The van der Waals surface area contributed by atoms with E-state index in [1.54, 1.807) is 6.92 Å². The van der Waals surface area contributed by atoms with Crippen LogP contribution in [0.25, 0.3) is 0 Å². The highest BCUT2D eigenvalue weighted by Gasteiger charge is 2.35. The van der Waals surface area contributed by atoms with Crippen molar-refractivity contribution in [2.24, 2.45) is 5.73 Å². The highest BCUT2D eigenvalue weighted by molar-refractivity contribution is 5.39. The van der Waals surface area contributed by atoms with Crippen LogP contribution in [-0.2, 0) is 6.18 Å². The third-order valence-corrected chi connectivity index (χ3v) is 3.25. The first-order chi connectivity index (χ1) is 9.71. The molecule has 0 aliphatic rings. The van der Waals surface area contributed by atoms with E-state index in [1.807, 2.05) is 0 Å². The molecule has 0 bridgehead atoms. The van der Waals surface area contributed by atoms with Crippen molar-refractivity contribution in [1.29, 1.82) is 0 Å². The van der Waals surface area contributed by atoms with Gasteiger partial charge in [-0.15, -0.1) is 0 Å². The van der Waals surface area contributed by atoms with Crippen LogP contribution in [0.1, 0.15) is 28.3 Å². The summed E-state index contributed by atoms with van der Waals surface area (Å²) in [7, 11) is 0. The second kappa shape index (κ2) is 5.44. The van der Waals surface area contributed by atoms with Crippen LogP contribution in [0.5, 0.6) is 0 Å². The fourth-order valence-electron chi connectivity index (χ4n) is 2.12. The molecule has 0 amide bonds. The maximum absolute atomic E-state index is 14.0. The lowest BCUT2D eigenvalue weighted by atomic mass is 9.94. The van der Waals surface area contributed by atoms with Gasteiger partial charge in [0.2, 0.25) is 0 Å². The molecule has 2 aromatic rings. The van der Waals surface area contributed by atoms with Crippen molar-refractivity contribution in [3.8, 4) is 0 Å². The Balaban J connectivity index is 2.54. The molecule has 0 aliphatic carbocycles. The Morgan fingerprint density at radius 3 is 2.29 bits per heavy atom. The molecular formula is C15H12F5N. The van der Waals surface area contributed by atoms with Gasteiger partial charge in [0.1, 0.15) is 11.6 Å². The Morgan fingerprint density at radius 2 is 1.67 bits per heavy atom. The van der Waals surface area contributed by atoms with E-state index in [0.29, 0.717) is 11.6 Å². The average Bonchev–Trinajstić information content (AvgIpc) is 2.39. The van der Waals surface area contributed by atoms with E-state index >= 15 is 0 Å². The molecule has 0 heterocycles. The van der Waals surface area contributed by atoms with Gasteiger partial charge in [-0.05, 0) is 36.2 Å². The van der Waals surface area contributed by atoms with Crippen molar-refractivity contribution in [3.05, 3.63) is 70.3 Å². The van der Waals surface area contributed by atoms with Gasteiger partial charge in [-0.2, -0.15) is 13.2 Å². The van der Waals surface area contributed by atoms with E-state index in [2.05, 4.69) is 0 Å². The van der Waals surface area contributed by atoms with Gasteiger partial charge in [0, 0.05) is 5.56 Å². The minimum absolute atomic E-state index is 0.244. The standard InChI is InChI=1S/C15H12F5N/c1-8-5-6-9(16)7-11(8)14(21)10-3-2-4-12(13(10)17)15(18,19)20/h2-7,14H,21H2,1H3. The Kier molecular flexibility index (Phi) is 4.00. The van der Waals surface area contributed by atoms with Crippen LogP contribution in [0.4, 0.5) is 22.0 Å². The second-order valence-electron chi connectivity index (χ2n) is 4.69. The smallest absolute Gasteiger partial charge is 0.320 e. The zero-order chi connectivity index (χ0) is 15.8. The largest absolute Gasteiger partial charge is 0.419 e. The van der Waals surface area contributed by atoms with Gasteiger partial charge >= 0.3 is 6.18 Å². The van der Waals surface area contributed by atoms with Gasteiger partial charge in [-0.3, -0.25) is 0 Å². The number of alkyl halides is 3. The summed E-state index contributed by atoms with van der Waals surface area (Å²) in [4.78, 5) is 0. The molecular weight excluding hydrogens is 289 g/mol. The molecule has 6 heteroatoms. The number of hydrogen-bond donors (Lipinski definition) is 1. The Hall–Kier alpha value is -1.95. The number of benzene rings is 2. The molecule has 112 valence electrons. The highest BCUT2D eigenvalue weighted by atomic mass is 19.4. The molecule has 2 aromatic carbocycles. The molecule has 2 N–H and O–H groups in total. The zero-order valence-corrected chi connectivity index (χ0v) is 11.0. The third kappa shape index (κ3) is 3.05. The predicted molar refractivity (Wildman–Crippen MR) is 68.6 cm³/mol. The Labute approximate surface area is 118 Å². The van der Waals surface area contributed by atoms with E-state index in [4.69, 9.17) is 5.73 Å². The van der Waals surface area contributed by atoms with Crippen LogP contribution < -0.4 is 5.73 Å². The van der Waals surface area contributed by atoms with Gasteiger partial charge < -0.3 is 5.73 Å². The number of nitrogens with two attached hydrogens (primary N) is 1. The van der Waals surface area contributed by atoms with E-state index in [1.165, 1.54) is 18.2 Å². The first-order valence-corrected chi connectivity index (χ1v) is 6.09. The molecule has 0 radical (unpaired) electrons. The molecule has 0 spiro atoms. The molecule has 21 heavy (non-hydrogen) atoms. The zero-order valence-electron chi connectivity index (χ0n) is 11.0. The Morgan fingerprint density at radius 1 is 1.00 bits per heavy atom. The van der Waals surface area contributed by atoms with Crippen LogP contribution in [0.3, 0.4) is 0 Å². The van der Waals surface area contributed by atoms with E-state index in [0.717, 1.165) is 12.1 Å². The average molecular weight is 301 g/mol. The molecule has 0 saturated carbocycles. The molecule has 0 aromatic heterocycles. The van der Waals surface area contributed by atoms with Crippen molar-refractivity contribution in [2.45, 2.75) is 19.1 Å². The minimum atomic E-state index is -4.81. The van der Waals surface area contributed by atoms with Crippen LogP contribution in [0.2, 0.25) is 0 Å². The first kappa shape index (κ1) is 15.4. The van der Waals surface area contributed by atoms with E-state index in [9.17, 15) is 22.0 Å². The Bertz CT molecular complexity index is 664. The fraction of sp³-hybridized carbons (Fsp3) is 0.200. The fourth-order valence-corrected chi connectivity index (χ4v) is 2.12. The summed E-state index contributed by atoms with van der Waals surface area (Å²) in [5.41, 5.74) is 4.93. The first-order valence-electron chi connectivity index (χ1n) is 6.09. The lowest BCUT2D eigenvalue weighted by Crippen LogP contribution is -2.18. The van der Waals surface area contributed by atoms with Crippen molar-refractivity contribution in [2.75, 3.05) is 0 Å². The third-order valence-electron chi connectivity index (χ3n) is 3.25. The highest BCUT2D eigenvalue weighted by Crippen LogP contribution is 2.35. The van der Waals surface area contributed by atoms with Crippen LogP contribution >= 0.6 is 0 Å². The monoisotopic (exact) mass is 301 g/mol. The molecule has 2 rings (SSSR count). The van der Waals surface area contributed by atoms with Crippen LogP contribution in [0.15, 0.2) is 36.4 Å². The number of aryl methyl sites for hydroxylation is 1.